The summed E-state index contributed by atoms with van der Waals surface area (Å²) in [5.41, 5.74) is 0. The number of piperazine rings is 1. The Bertz CT molecular complexity index is 269. The van der Waals surface area contributed by atoms with Crippen LogP contribution in [0.25, 0.3) is 0 Å². The van der Waals surface area contributed by atoms with Crippen LogP contribution in [0.2, 0.25) is 0 Å². The third kappa shape index (κ3) is 4.12. The molecule has 0 aliphatic carbocycles. The summed E-state index contributed by atoms with van der Waals surface area (Å²) < 4.78 is 0. The highest BCUT2D eigenvalue weighted by molar-refractivity contribution is 7.98. The molecule has 2 fully saturated rings. The van der Waals surface area contributed by atoms with Crippen molar-refractivity contribution in [1.82, 2.24) is 9.80 Å². The van der Waals surface area contributed by atoms with Crippen LogP contribution in [0.5, 0.6) is 0 Å². The number of hydrogen-bond donors (Lipinski definition) is 0. The lowest BCUT2D eigenvalue weighted by molar-refractivity contribution is -0.0123. The van der Waals surface area contributed by atoms with E-state index in [0.29, 0.717) is 0 Å². The third-order valence-corrected chi connectivity index (χ3v) is 5.75. The van der Waals surface area contributed by atoms with E-state index in [1.807, 2.05) is 11.8 Å². The molecule has 2 rings (SSSR count). The molecule has 0 amide bonds. The van der Waals surface area contributed by atoms with Gasteiger partial charge in [-0.25, -0.2) is 0 Å². The first-order valence-corrected chi connectivity index (χ1v) is 9.48. The van der Waals surface area contributed by atoms with Crippen molar-refractivity contribution in [2.75, 3.05) is 38.2 Å². The highest BCUT2D eigenvalue weighted by Gasteiger charge is 2.36. The minimum Gasteiger partial charge on any atom is -0.298 e. The molecule has 0 N–H and O–H groups in total. The first-order chi connectivity index (χ1) is 9.11. The summed E-state index contributed by atoms with van der Waals surface area (Å²) in [6.07, 6.45) is 6.53. The Kier molecular flexibility index (Phi) is 6.04. The average Bonchev–Trinajstić information content (AvgIpc) is 2.38. The number of rotatable bonds is 5. The number of fused-ring (bicyclic) bond motifs is 1. The van der Waals surface area contributed by atoms with Crippen LogP contribution in [0.15, 0.2) is 0 Å². The lowest BCUT2D eigenvalue weighted by Crippen LogP contribution is -2.61. The topological polar surface area (TPSA) is 6.48 Å². The molecule has 112 valence electrons. The Morgan fingerprint density at radius 1 is 1.16 bits per heavy atom. The van der Waals surface area contributed by atoms with Crippen molar-refractivity contribution in [3.63, 3.8) is 0 Å². The fourth-order valence-electron chi connectivity index (χ4n) is 3.85. The summed E-state index contributed by atoms with van der Waals surface area (Å²) in [4.78, 5) is 5.60. The van der Waals surface area contributed by atoms with Crippen LogP contribution in [0.1, 0.15) is 40.0 Å². The predicted molar refractivity (Wildman–Crippen MR) is 87.0 cm³/mol. The monoisotopic (exact) mass is 284 g/mol. The van der Waals surface area contributed by atoms with Gasteiger partial charge in [-0.05, 0) is 43.2 Å². The Morgan fingerprint density at radius 2 is 1.95 bits per heavy atom. The predicted octanol–water partition coefficient (Wildman–Crippen LogP) is 3.18. The fraction of sp³-hybridized carbons (Fsp3) is 1.00. The fourth-order valence-corrected chi connectivity index (χ4v) is 4.52. The van der Waals surface area contributed by atoms with Crippen molar-refractivity contribution in [2.24, 2.45) is 11.8 Å². The molecule has 0 aromatic heterocycles. The van der Waals surface area contributed by atoms with Gasteiger partial charge in [0.2, 0.25) is 0 Å². The zero-order chi connectivity index (χ0) is 13.8. The Hall–Kier alpha value is 0.270. The maximum atomic E-state index is 2.82. The van der Waals surface area contributed by atoms with Gasteiger partial charge in [0.15, 0.2) is 0 Å². The van der Waals surface area contributed by atoms with E-state index in [2.05, 4.69) is 36.8 Å². The molecule has 2 aliphatic heterocycles. The Morgan fingerprint density at radius 3 is 2.63 bits per heavy atom. The summed E-state index contributed by atoms with van der Waals surface area (Å²) >= 11 is 1.99. The van der Waals surface area contributed by atoms with Gasteiger partial charge in [0.25, 0.3) is 0 Å². The van der Waals surface area contributed by atoms with E-state index in [9.17, 15) is 0 Å². The number of hydrogen-bond acceptors (Lipinski definition) is 3. The molecule has 2 heterocycles. The van der Waals surface area contributed by atoms with Crippen molar-refractivity contribution < 1.29 is 0 Å². The highest BCUT2D eigenvalue weighted by Crippen LogP contribution is 2.27. The lowest BCUT2D eigenvalue weighted by atomic mass is 9.91. The van der Waals surface area contributed by atoms with Crippen molar-refractivity contribution in [1.29, 1.82) is 0 Å². The normalized spacial score (nSPS) is 31.4. The van der Waals surface area contributed by atoms with E-state index in [-0.39, 0.29) is 0 Å². The SMILES string of the molecule is CSCC(C)CN1CC2CCCCN2CC1C(C)C. The second kappa shape index (κ2) is 7.33. The van der Waals surface area contributed by atoms with Crippen molar-refractivity contribution in [3.8, 4) is 0 Å². The zero-order valence-corrected chi connectivity index (χ0v) is 14.1. The van der Waals surface area contributed by atoms with Gasteiger partial charge in [0, 0.05) is 31.7 Å². The van der Waals surface area contributed by atoms with E-state index in [1.54, 1.807) is 0 Å². The first-order valence-electron chi connectivity index (χ1n) is 8.08. The second-order valence-electron chi connectivity index (χ2n) is 6.97. The van der Waals surface area contributed by atoms with Crippen LogP contribution < -0.4 is 0 Å². The summed E-state index contributed by atoms with van der Waals surface area (Å²) in [6, 6.07) is 1.63. The lowest BCUT2D eigenvalue weighted by Gasteiger charge is -2.50. The molecule has 0 radical (unpaired) electrons. The molecular formula is C16H32N2S. The number of thioether (sulfide) groups is 1. The highest BCUT2D eigenvalue weighted by atomic mass is 32.2. The minimum absolute atomic E-state index is 0.777. The molecule has 3 unspecified atom stereocenters. The quantitative estimate of drug-likeness (QED) is 0.765. The van der Waals surface area contributed by atoms with E-state index >= 15 is 0 Å². The molecule has 0 aromatic carbocycles. The van der Waals surface area contributed by atoms with Gasteiger partial charge in [0.05, 0.1) is 0 Å². The van der Waals surface area contributed by atoms with Gasteiger partial charge >= 0.3 is 0 Å². The van der Waals surface area contributed by atoms with E-state index in [1.165, 1.54) is 51.2 Å². The minimum atomic E-state index is 0.777. The van der Waals surface area contributed by atoms with Crippen LogP contribution >= 0.6 is 11.8 Å². The maximum absolute atomic E-state index is 2.82. The van der Waals surface area contributed by atoms with Crippen LogP contribution in [0.3, 0.4) is 0 Å². The molecule has 2 nitrogen and oxygen atoms in total. The second-order valence-corrected chi connectivity index (χ2v) is 7.88. The first kappa shape index (κ1) is 15.7. The molecule has 0 saturated carbocycles. The van der Waals surface area contributed by atoms with Crippen LogP contribution in [-0.2, 0) is 0 Å². The molecule has 2 saturated heterocycles. The third-order valence-electron chi connectivity index (χ3n) is 4.85. The molecule has 19 heavy (non-hydrogen) atoms. The van der Waals surface area contributed by atoms with Crippen LogP contribution in [0, 0.1) is 11.8 Å². The van der Waals surface area contributed by atoms with Gasteiger partial charge in [0.1, 0.15) is 0 Å². The van der Waals surface area contributed by atoms with Gasteiger partial charge in [-0.3, -0.25) is 9.80 Å². The summed E-state index contributed by atoms with van der Waals surface area (Å²) in [5, 5.41) is 0. The molecule has 0 spiro atoms. The van der Waals surface area contributed by atoms with Crippen molar-refractivity contribution in [2.45, 2.75) is 52.1 Å². The summed E-state index contributed by atoms with van der Waals surface area (Å²) in [7, 11) is 0. The summed E-state index contributed by atoms with van der Waals surface area (Å²) in [5.74, 6) is 2.91. The van der Waals surface area contributed by atoms with Gasteiger partial charge < -0.3 is 0 Å². The van der Waals surface area contributed by atoms with Crippen molar-refractivity contribution in [3.05, 3.63) is 0 Å². The largest absolute Gasteiger partial charge is 0.298 e. The van der Waals surface area contributed by atoms with Crippen LogP contribution in [0.4, 0.5) is 0 Å². The van der Waals surface area contributed by atoms with Gasteiger partial charge in [-0.1, -0.05) is 27.2 Å². The van der Waals surface area contributed by atoms with Crippen LogP contribution in [-0.4, -0.2) is 60.1 Å². The zero-order valence-electron chi connectivity index (χ0n) is 13.3. The van der Waals surface area contributed by atoms with E-state index < -0.39 is 0 Å². The Balaban J connectivity index is 1.97. The maximum Gasteiger partial charge on any atom is 0.0247 e. The molecule has 2 aliphatic rings. The van der Waals surface area contributed by atoms with E-state index in [4.69, 9.17) is 0 Å². The average molecular weight is 285 g/mol. The van der Waals surface area contributed by atoms with E-state index in [0.717, 1.165) is 23.9 Å². The molecule has 3 atom stereocenters. The van der Waals surface area contributed by atoms with Gasteiger partial charge in [-0.15, -0.1) is 0 Å². The molecular weight excluding hydrogens is 252 g/mol. The van der Waals surface area contributed by atoms with Crippen molar-refractivity contribution >= 4 is 11.8 Å². The molecule has 0 aromatic rings. The number of nitrogens with zero attached hydrogens (tertiary/aromatic N) is 2. The molecule has 0 bridgehead atoms. The smallest absolute Gasteiger partial charge is 0.0247 e. The Labute approximate surface area is 124 Å². The molecule has 3 heteroatoms. The number of piperidine rings is 1. The summed E-state index contributed by atoms with van der Waals surface area (Å²) in [6.45, 7) is 12.5. The standard InChI is InChI=1S/C16H32N2S/c1-13(2)16-11-17-8-6-5-7-15(17)10-18(16)9-14(3)12-19-4/h13-16H,5-12H2,1-4H3. The van der Waals surface area contributed by atoms with Gasteiger partial charge in [-0.2, -0.15) is 11.8 Å².